The first kappa shape index (κ1) is 16.7. The summed E-state index contributed by atoms with van der Waals surface area (Å²) in [5.41, 5.74) is 4.38. The van der Waals surface area contributed by atoms with E-state index in [4.69, 9.17) is 10.1 Å². The Bertz CT molecular complexity index is 1150. The number of pyridine rings is 1. The molecule has 0 spiro atoms. The van der Waals surface area contributed by atoms with E-state index in [9.17, 15) is 4.79 Å². The molecule has 0 aliphatic rings. The average molecular weight is 356 g/mol. The van der Waals surface area contributed by atoms with Crippen molar-refractivity contribution in [3.8, 4) is 11.3 Å². The third-order valence-corrected chi connectivity index (χ3v) is 4.18. The van der Waals surface area contributed by atoms with E-state index in [1.807, 2.05) is 60.0 Å². The summed E-state index contributed by atoms with van der Waals surface area (Å²) in [7, 11) is 0. The van der Waals surface area contributed by atoms with Crippen LogP contribution < -0.4 is 0 Å². The molecule has 0 saturated heterocycles. The molecule has 2 heterocycles. The van der Waals surface area contributed by atoms with Crippen molar-refractivity contribution in [3.05, 3.63) is 84.1 Å². The molecule has 0 atom stereocenters. The van der Waals surface area contributed by atoms with Crippen LogP contribution in [-0.2, 0) is 0 Å². The highest BCUT2D eigenvalue weighted by Crippen LogP contribution is 2.32. The monoisotopic (exact) mass is 356 g/mol. The predicted octanol–water partition coefficient (Wildman–Crippen LogP) is 5.42. The van der Waals surface area contributed by atoms with Crippen molar-refractivity contribution in [2.75, 3.05) is 0 Å². The van der Waals surface area contributed by atoms with Gasteiger partial charge in [-0.2, -0.15) is 0 Å². The van der Waals surface area contributed by atoms with E-state index in [1.54, 1.807) is 12.1 Å². The second-order valence-corrected chi connectivity index (χ2v) is 6.13. The molecule has 0 aliphatic carbocycles. The fraction of sp³-hybridized carbons (Fsp3) is 0.0476. The number of rotatable bonds is 4. The number of azo groups is 1. The molecule has 0 amide bonds. The zero-order valence-electron chi connectivity index (χ0n) is 14.6. The molecular weight excluding hydrogens is 340 g/mol. The Morgan fingerprint density at radius 1 is 1.00 bits per heavy atom. The van der Waals surface area contributed by atoms with Crippen molar-refractivity contribution in [2.24, 2.45) is 10.2 Å². The minimum Gasteiger partial charge on any atom is -0.478 e. The van der Waals surface area contributed by atoms with Crippen LogP contribution in [-0.4, -0.2) is 20.5 Å². The molecule has 6 nitrogen and oxygen atoms in total. The first-order chi connectivity index (χ1) is 13.1. The standard InChI is InChI=1S/C21H16N4O2/c1-14-11-12-25-18(13-14)22-19(15-5-3-2-4-6-15)20(25)24-23-17-9-7-16(8-10-17)21(26)27/h2-13H,1H3,(H,26,27). The van der Waals surface area contributed by atoms with Crippen molar-refractivity contribution in [3.63, 3.8) is 0 Å². The number of imidazole rings is 1. The number of hydrogen-bond donors (Lipinski definition) is 1. The second-order valence-electron chi connectivity index (χ2n) is 6.13. The lowest BCUT2D eigenvalue weighted by Gasteiger charge is -2.00. The number of benzene rings is 2. The SMILES string of the molecule is Cc1ccn2c(N=Nc3ccc(C(=O)O)cc3)c(-c3ccccc3)nc2c1. The molecule has 27 heavy (non-hydrogen) atoms. The maximum atomic E-state index is 11.0. The summed E-state index contributed by atoms with van der Waals surface area (Å²) in [6.07, 6.45) is 1.92. The lowest BCUT2D eigenvalue weighted by molar-refractivity contribution is 0.0697. The van der Waals surface area contributed by atoms with Crippen LogP contribution in [0.3, 0.4) is 0 Å². The van der Waals surface area contributed by atoms with Gasteiger partial charge in [0.15, 0.2) is 5.82 Å². The van der Waals surface area contributed by atoms with Gasteiger partial charge < -0.3 is 5.11 Å². The van der Waals surface area contributed by atoms with Crippen LogP contribution in [0.5, 0.6) is 0 Å². The zero-order chi connectivity index (χ0) is 18.8. The van der Waals surface area contributed by atoms with E-state index in [1.165, 1.54) is 12.1 Å². The molecule has 0 bridgehead atoms. The highest BCUT2D eigenvalue weighted by Gasteiger charge is 2.14. The fourth-order valence-electron chi connectivity index (χ4n) is 2.79. The molecule has 2 aromatic heterocycles. The summed E-state index contributed by atoms with van der Waals surface area (Å²) >= 11 is 0. The molecule has 6 heteroatoms. The topological polar surface area (TPSA) is 79.3 Å². The normalized spacial score (nSPS) is 11.3. The Hall–Kier alpha value is -3.80. The van der Waals surface area contributed by atoms with Gasteiger partial charge in [-0.3, -0.25) is 4.40 Å². The summed E-state index contributed by atoms with van der Waals surface area (Å²) in [5.74, 6) is -0.347. The van der Waals surface area contributed by atoms with E-state index in [2.05, 4.69) is 10.2 Å². The van der Waals surface area contributed by atoms with Crippen LogP contribution in [0.2, 0.25) is 0 Å². The third-order valence-electron chi connectivity index (χ3n) is 4.18. The lowest BCUT2D eigenvalue weighted by atomic mass is 10.1. The summed E-state index contributed by atoms with van der Waals surface area (Å²) < 4.78 is 1.89. The average Bonchev–Trinajstić information content (AvgIpc) is 3.05. The Balaban J connectivity index is 1.80. The molecule has 2 aromatic carbocycles. The molecular formula is C21H16N4O2. The van der Waals surface area contributed by atoms with Crippen LogP contribution in [0.15, 0.2) is 83.2 Å². The summed E-state index contributed by atoms with van der Waals surface area (Å²) in [4.78, 5) is 15.7. The van der Waals surface area contributed by atoms with Crippen LogP contribution in [0.4, 0.5) is 11.5 Å². The van der Waals surface area contributed by atoms with Crippen molar-refractivity contribution in [2.45, 2.75) is 6.92 Å². The number of carboxylic acids is 1. The first-order valence-electron chi connectivity index (χ1n) is 8.41. The number of carboxylic acid groups (broad SMARTS) is 1. The van der Waals surface area contributed by atoms with Gasteiger partial charge in [0.25, 0.3) is 0 Å². The van der Waals surface area contributed by atoms with Crippen molar-refractivity contribution in [1.29, 1.82) is 0 Å². The number of nitrogens with zero attached hydrogens (tertiary/aromatic N) is 4. The van der Waals surface area contributed by atoms with Crippen LogP contribution >= 0.6 is 0 Å². The van der Waals surface area contributed by atoms with Gasteiger partial charge in [-0.1, -0.05) is 30.3 Å². The fourth-order valence-corrected chi connectivity index (χ4v) is 2.79. The van der Waals surface area contributed by atoms with Gasteiger partial charge >= 0.3 is 5.97 Å². The molecule has 0 saturated carbocycles. The van der Waals surface area contributed by atoms with E-state index in [-0.39, 0.29) is 5.56 Å². The van der Waals surface area contributed by atoms with Crippen molar-refractivity contribution < 1.29 is 9.90 Å². The number of carbonyl (C=O) groups is 1. The van der Waals surface area contributed by atoms with Gasteiger partial charge in [-0.25, -0.2) is 9.78 Å². The predicted molar refractivity (Wildman–Crippen MR) is 103 cm³/mol. The van der Waals surface area contributed by atoms with E-state index in [0.29, 0.717) is 11.5 Å². The van der Waals surface area contributed by atoms with Gasteiger partial charge in [0.1, 0.15) is 11.3 Å². The number of aryl methyl sites for hydroxylation is 1. The Kier molecular flexibility index (Phi) is 4.22. The van der Waals surface area contributed by atoms with E-state index >= 15 is 0 Å². The molecule has 132 valence electrons. The Morgan fingerprint density at radius 2 is 1.74 bits per heavy atom. The second kappa shape index (κ2) is 6.84. The maximum absolute atomic E-state index is 11.0. The van der Waals surface area contributed by atoms with E-state index < -0.39 is 5.97 Å². The number of hydrogen-bond acceptors (Lipinski definition) is 4. The van der Waals surface area contributed by atoms with Gasteiger partial charge in [0.05, 0.1) is 11.3 Å². The zero-order valence-corrected chi connectivity index (χ0v) is 14.6. The van der Waals surface area contributed by atoms with Gasteiger partial charge in [-0.15, -0.1) is 10.2 Å². The molecule has 0 fully saturated rings. The largest absolute Gasteiger partial charge is 0.478 e. The number of aromatic nitrogens is 2. The van der Waals surface area contributed by atoms with Crippen molar-refractivity contribution >= 4 is 23.1 Å². The smallest absolute Gasteiger partial charge is 0.335 e. The Morgan fingerprint density at radius 3 is 2.44 bits per heavy atom. The van der Waals surface area contributed by atoms with Crippen LogP contribution in [0.25, 0.3) is 16.9 Å². The highest BCUT2D eigenvalue weighted by molar-refractivity contribution is 5.87. The minimum absolute atomic E-state index is 0.212. The Labute approximate surface area is 155 Å². The third kappa shape index (κ3) is 3.32. The first-order valence-corrected chi connectivity index (χ1v) is 8.41. The van der Waals surface area contributed by atoms with Gasteiger partial charge in [0.2, 0.25) is 0 Å². The van der Waals surface area contributed by atoms with Gasteiger partial charge in [-0.05, 0) is 48.9 Å². The summed E-state index contributed by atoms with van der Waals surface area (Å²) in [5, 5.41) is 17.7. The molecule has 1 N–H and O–H groups in total. The molecule has 0 aliphatic heterocycles. The van der Waals surface area contributed by atoms with Crippen molar-refractivity contribution in [1.82, 2.24) is 9.38 Å². The highest BCUT2D eigenvalue weighted by atomic mass is 16.4. The number of fused-ring (bicyclic) bond motifs is 1. The van der Waals surface area contributed by atoms with Crippen LogP contribution in [0.1, 0.15) is 15.9 Å². The van der Waals surface area contributed by atoms with Crippen LogP contribution in [0, 0.1) is 6.92 Å². The molecule has 0 unspecified atom stereocenters. The maximum Gasteiger partial charge on any atom is 0.335 e. The quantitative estimate of drug-likeness (QED) is 0.496. The lowest BCUT2D eigenvalue weighted by Crippen LogP contribution is -1.93. The van der Waals surface area contributed by atoms with E-state index in [0.717, 1.165) is 22.5 Å². The minimum atomic E-state index is -0.970. The molecule has 4 aromatic rings. The summed E-state index contributed by atoms with van der Waals surface area (Å²) in [6, 6.07) is 20.1. The number of aromatic carboxylic acids is 1. The van der Waals surface area contributed by atoms with Gasteiger partial charge in [0, 0.05) is 11.8 Å². The molecule has 4 rings (SSSR count). The molecule has 0 radical (unpaired) electrons. The summed E-state index contributed by atoms with van der Waals surface area (Å²) in [6.45, 7) is 2.02.